The normalized spacial score (nSPS) is 10.4. The van der Waals surface area contributed by atoms with E-state index in [2.05, 4.69) is 0 Å². The van der Waals surface area contributed by atoms with Gasteiger partial charge in [-0.05, 0) is 12.1 Å². The molecule has 2 aromatic rings. The van der Waals surface area contributed by atoms with E-state index in [-0.39, 0.29) is 23.4 Å². The molecule has 0 amide bonds. The number of nitro groups is 1. The SMILES string of the molecule is Cn1c(-c2cccc([N+](=O)[O-])c2)ccc(CO)c1=O. The summed E-state index contributed by atoms with van der Waals surface area (Å²) in [5.41, 5.74) is 1.09. The molecule has 0 radical (unpaired) electrons. The number of aliphatic hydroxyl groups excluding tert-OH is 1. The van der Waals surface area contributed by atoms with Crippen molar-refractivity contribution in [2.45, 2.75) is 6.61 Å². The number of benzene rings is 1. The van der Waals surface area contributed by atoms with E-state index < -0.39 is 4.92 Å². The van der Waals surface area contributed by atoms with Gasteiger partial charge in [-0.3, -0.25) is 14.9 Å². The zero-order chi connectivity index (χ0) is 14.0. The molecule has 0 fully saturated rings. The molecule has 0 aliphatic rings. The fraction of sp³-hybridized carbons (Fsp3) is 0.154. The molecule has 1 heterocycles. The number of nitro benzene ring substituents is 1. The predicted octanol–water partition coefficient (Wildman–Crippen LogP) is 1.45. The highest BCUT2D eigenvalue weighted by atomic mass is 16.6. The Morgan fingerprint density at radius 2 is 2.05 bits per heavy atom. The maximum absolute atomic E-state index is 11.9. The molecule has 0 aliphatic carbocycles. The van der Waals surface area contributed by atoms with E-state index in [0.717, 1.165) is 0 Å². The van der Waals surface area contributed by atoms with Gasteiger partial charge in [-0.25, -0.2) is 0 Å². The maximum atomic E-state index is 11.9. The lowest BCUT2D eigenvalue weighted by Gasteiger charge is -2.09. The third kappa shape index (κ3) is 2.38. The molecule has 19 heavy (non-hydrogen) atoms. The molecule has 1 aromatic carbocycles. The van der Waals surface area contributed by atoms with Crippen LogP contribution >= 0.6 is 0 Å². The number of hydrogen-bond acceptors (Lipinski definition) is 4. The van der Waals surface area contributed by atoms with Gasteiger partial charge in [0.1, 0.15) is 0 Å². The van der Waals surface area contributed by atoms with Crippen LogP contribution in [0.3, 0.4) is 0 Å². The first-order chi connectivity index (χ1) is 9.04. The second kappa shape index (κ2) is 5.03. The van der Waals surface area contributed by atoms with Gasteiger partial charge in [-0.1, -0.05) is 12.1 Å². The first-order valence-corrected chi connectivity index (χ1v) is 5.59. The third-order valence-electron chi connectivity index (χ3n) is 2.91. The highest BCUT2D eigenvalue weighted by molar-refractivity contribution is 5.63. The Bertz CT molecular complexity index is 691. The van der Waals surface area contributed by atoms with Crippen LogP contribution in [0.1, 0.15) is 5.56 Å². The zero-order valence-electron chi connectivity index (χ0n) is 10.2. The van der Waals surface area contributed by atoms with Crippen molar-refractivity contribution in [3.8, 4) is 11.3 Å². The monoisotopic (exact) mass is 260 g/mol. The van der Waals surface area contributed by atoms with E-state index >= 15 is 0 Å². The first kappa shape index (κ1) is 13.0. The molecule has 2 rings (SSSR count). The molecule has 0 bridgehead atoms. The summed E-state index contributed by atoms with van der Waals surface area (Å²) in [5.74, 6) is 0. The molecule has 0 atom stereocenters. The second-order valence-corrected chi connectivity index (χ2v) is 4.07. The topological polar surface area (TPSA) is 85.4 Å². The summed E-state index contributed by atoms with van der Waals surface area (Å²) in [5, 5.41) is 19.8. The van der Waals surface area contributed by atoms with Crippen LogP contribution in [0.2, 0.25) is 0 Å². The van der Waals surface area contributed by atoms with Crippen molar-refractivity contribution < 1.29 is 10.0 Å². The van der Waals surface area contributed by atoms with E-state index in [9.17, 15) is 14.9 Å². The summed E-state index contributed by atoms with van der Waals surface area (Å²) >= 11 is 0. The van der Waals surface area contributed by atoms with Gasteiger partial charge in [0.2, 0.25) is 0 Å². The minimum atomic E-state index is -0.482. The van der Waals surface area contributed by atoms with E-state index in [0.29, 0.717) is 11.3 Å². The molecule has 0 saturated heterocycles. The number of rotatable bonds is 3. The fourth-order valence-electron chi connectivity index (χ4n) is 1.88. The Labute approximate surface area is 108 Å². The van der Waals surface area contributed by atoms with Crippen LogP contribution in [-0.4, -0.2) is 14.6 Å². The fourth-order valence-corrected chi connectivity index (χ4v) is 1.88. The van der Waals surface area contributed by atoms with Crippen LogP contribution in [0.25, 0.3) is 11.3 Å². The van der Waals surface area contributed by atoms with E-state index in [1.807, 2.05) is 0 Å². The highest BCUT2D eigenvalue weighted by Gasteiger charge is 2.10. The Kier molecular flexibility index (Phi) is 3.43. The number of aromatic nitrogens is 1. The molecule has 6 nitrogen and oxygen atoms in total. The van der Waals surface area contributed by atoms with Crippen molar-refractivity contribution in [2.75, 3.05) is 0 Å². The quantitative estimate of drug-likeness (QED) is 0.668. The maximum Gasteiger partial charge on any atom is 0.270 e. The standard InChI is InChI=1S/C13H12N2O4/c1-14-12(6-5-10(8-16)13(14)17)9-3-2-4-11(7-9)15(18)19/h2-7,16H,8H2,1H3. The smallest absolute Gasteiger partial charge is 0.270 e. The third-order valence-corrected chi connectivity index (χ3v) is 2.91. The van der Waals surface area contributed by atoms with Gasteiger partial charge < -0.3 is 9.67 Å². The van der Waals surface area contributed by atoms with Crippen LogP contribution in [0.4, 0.5) is 5.69 Å². The van der Waals surface area contributed by atoms with Gasteiger partial charge in [0.15, 0.2) is 0 Å². The van der Waals surface area contributed by atoms with Crippen molar-refractivity contribution in [1.82, 2.24) is 4.57 Å². The lowest BCUT2D eigenvalue weighted by Crippen LogP contribution is -2.22. The first-order valence-electron chi connectivity index (χ1n) is 5.59. The predicted molar refractivity (Wildman–Crippen MR) is 69.7 cm³/mol. The summed E-state index contributed by atoms with van der Waals surface area (Å²) in [6.07, 6.45) is 0. The van der Waals surface area contributed by atoms with Gasteiger partial charge >= 0.3 is 0 Å². The Morgan fingerprint density at radius 1 is 1.32 bits per heavy atom. The molecule has 0 unspecified atom stereocenters. The van der Waals surface area contributed by atoms with Crippen LogP contribution in [0.5, 0.6) is 0 Å². The Hall–Kier alpha value is -2.47. The molecule has 1 N–H and O–H groups in total. The average molecular weight is 260 g/mol. The molecule has 6 heteroatoms. The zero-order valence-corrected chi connectivity index (χ0v) is 10.2. The molecule has 98 valence electrons. The van der Waals surface area contributed by atoms with Crippen molar-refractivity contribution in [3.05, 3.63) is 62.4 Å². The number of nitrogens with zero attached hydrogens (tertiary/aromatic N) is 2. The molecular formula is C13H12N2O4. The average Bonchev–Trinajstić information content (AvgIpc) is 2.42. The molecule has 1 aromatic heterocycles. The lowest BCUT2D eigenvalue weighted by molar-refractivity contribution is -0.384. The summed E-state index contributed by atoms with van der Waals surface area (Å²) in [6, 6.07) is 9.25. The Morgan fingerprint density at radius 3 is 2.68 bits per heavy atom. The lowest BCUT2D eigenvalue weighted by atomic mass is 10.1. The van der Waals surface area contributed by atoms with Crippen LogP contribution in [0.15, 0.2) is 41.2 Å². The summed E-state index contributed by atoms with van der Waals surface area (Å²) in [4.78, 5) is 22.1. The van der Waals surface area contributed by atoms with E-state index in [1.54, 1.807) is 25.2 Å². The van der Waals surface area contributed by atoms with Crippen molar-refractivity contribution in [1.29, 1.82) is 0 Å². The molecule has 0 saturated carbocycles. The number of hydrogen-bond donors (Lipinski definition) is 1. The Balaban J connectivity index is 2.60. The second-order valence-electron chi connectivity index (χ2n) is 4.07. The molecule has 0 aliphatic heterocycles. The van der Waals surface area contributed by atoms with Crippen LogP contribution < -0.4 is 5.56 Å². The van der Waals surface area contributed by atoms with Gasteiger partial charge in [0.25, 0.3) is 11.2 Å². The van der Waals surface area contributed by atoms with Crippen LogP contribution in [0, 0.1) is 10.1 Å². The van der Waals surface area contributed by atoms with Crippen molar-refractivity contribution in [3.63, 3.8) is 0 Å². The molecular weight excluding hydrogens is 248 g/mol. The van der Waals surface area contributed by atoms with Gasteiger partial charge in [0.05, 0.1) is 17.2 Å². The van der Waals surface area contributed by atoms with Crippen LogP contribution in [-0.2, 0) is 13.7 Å². The minimum Gasteiger partial charge on any atom is -0.391 e. The largest absolute Gasteiger partial charge is 0.391 e. The van der Waals surface area contributed by atoms with E-state index in [4.69, 9.17) is 5.11 Å². The molecule has 0 spiro atoms. The number of aliphatic hydroxyl groups is 1. The van der Waals surface area contributed by atoms with Gasteiger partial charge in [0, 0.05) is 30.3 Å². The minimum absolute atomic E-state index is 0.0313. The highest BCUT2D eigenvalue weighted by Crippen LogP contribution is 2.22. The summed E-state index contributed by atoms with van der Waals surface area (Å²) < 4.78 is 1.37. The van der Waals surface area contributed by atoms with Crippen molar-refractivity contribution >= 4 is 5.69 Å². The summed E-state index contributed by atoms with van der Waals surface area (Å²) in [6.45, 7) is -0.331. The number of pyridine rings is 1. The van der Waals surface area contributed by atoms with Crippen molar-refractivity contribution in [2.24, 2.45) is 7.05 Å². The van der Waals surface area contributed by atoms with Gasteiger partial charge in [-0.2, -0.15) is 0 Å². The van der Waals surface area contributed by atoms with Gasteiger partial charge in [-0.15, -0.1) is 0 Å². The number of non-ortho nitro benzene ring substituents is 1. The van der Waals surface area contributed by atoms with E-state index in [1.165, 1.54) is 22.8 Å². The summed E-state index contributed by atoms with van der Waals surface area (Å²) in [7, 11) is 1.57.